The Morgan fingerprint density at radius 1 is 1.42 bits per heavy atom. The molecule has 1 aliphatic heterocycles. The van der Waals surface area contributed by atoms with Gasteiger partial charge < -0.3 is 32.3 Å². The van der Waals surface area contributed by atoms with Gasteiger partial charge in [0.1, 0.15) is 12.1 Å². The number of hydrogen-bond donors (Lipinski definition) is 7. The summed E-state index contributed by atoms with van der Waals surface area (Å²) in [6.07, 6.45) is 2.76. The minimum absolute atomic E-state index is 0.112. The lowest BCUT2D eigenvalue weighted by molar-refractivity contribution is -0.139. The Bertz CT molecular complexity index is 412. The van der Waals surface area contributed by atoms with Gasteiger partial charge in [0.25, 0.3) is 0 Å². The fourth-order valence-corrected chi connectivity index (χ4v) is 1.56. The molecule has 2 atom stereocenters. The summed E-state index contributed by atoms with van der Waals surface area (Å²) >= 11 is 4.64. The van der Waals surface area contributed by atoms with Crippen LogP contribution in [-0.4, -0.2) is 58.5 Å². The summed E-state index contributed by atoms with van der Waals surface area (Å²) < 4.78 is 0. The standard InChI is InChI=1S/C6H14N4O2.C5H9NO2.C2H3ClO/c7-4(5(11)12)2-1-3-10-6(8)9;7-5(8)4-2-1-3-6-4;1-2(3)4/h4H,1-3,7H2,(H,11,12)(H4,8,9,10);4,6H,1-3H2,(H,7,8);1H3. The second kappa shape index (κ2) is 14.7. The molecule has 2 unspecified atom stereocenters. The second-order valence-electron chi connectivity index (χ2n) is 4.88. The van der Waals surface area contributed by atoms with Gasteiger partial charge in [0, 0.05) is 13.5 Å². The van der Waals surface area contributed by atoms with E-state index in [9.17, 15) is 14.4 Å². The first kappa shape index (κ1) is 24.3. The van der Waals surface area contributed by atoms with Crippen molar-refractivity contribution in [3.8, 4) is 0 Å². The van der Waals surface area contributed by atoms with Crippen LogP contribution in [-0.2, 0) is 14.4 Å². The molecule has 0 aromatic carbocycles. The van der Waals surface area contributed by atoms with E-state index in [1.165, 1.54) is 6.92 Å². The Balaban J connectivity index is 0. The molecule has 9 N–H and O–H groups in total. The minimum Gasteiger partial charge on any atom is -0.480 e. The number of carbonyl (C=O) groups excluding carboxylic acids is 1. The van der Waals surface area contributed by atoms with Gasteiger partial charge in [0.15, 0.2) is 5.96 Å². The molecule has 0 aliphatic carbocycles. The normalized spacial score (nSPS) is 16.5. The molecule has 140 valence electrons. The van der Waals surface area contributed by atoms with E-state index in [1.54, 1.807) is 0 Å². The summed E-state index contributed by atoms with van der Waals surface area (Å²) in [6.45, 7) is 2.63. The van der Waals surface area contributed by atoms with E-state index >= 15 is 0 Å². The summed E-state index contributed by atoms with van der Waals surface area (Å²) in [7, 11) is 0. The zero-order valence-corrected chi connectivity index (χ0v) is 14.3. The molecule has 0 amide bonds. The van der Waals surface area contributed by atoms with Crippen molar-refractivity contribution >= 4 is 34.7 Å². The lowest BCUT2D eigenvalue weighted by atomic mass is 10.2. The van der Waals surface area contributed by atoms with Crippen LogP contribution in [0.4, 0.5) is 0 Å². The van der Waals surface area contributed by atoms with Gasteiger partial charge in [0.2, 0.25) is 5.24 Å². The van der Waals surface area contributed by atoms with E-state index in [-0.39, 0.29) is 17.2 Å². The molecule has 1 rings (SSSR count). The van der Waals surface area contributed by atoms with Crippen LogP contribution in [0.3, 0.4) is 0 Å². The summed E-state index contributed by atoms with van der Waals surface area (Å²) in [5.41, 5.74) is 10.2. The largest absolute Gasteiger partial charge is 0.480 e. The number of aliphatic carboxylic acids is 2. The first-order valence-corrected chi connectivity index (χ1v) is 7.64. The van der Waals surface area contributed by atoms with Crippen molar-refractivity contribution in [1.82, 2.24) is 10.6 Å². The molecule has 10 nitrogen and oxygen atoms in total. The van der Waals surface area contributed by atoms with Gasteiger partial charge in [0.05, 0.1) is 0 Å². The van der Waals surface area contributed by atoms with Crippen LogP contribution in [0.25, 0.3) is 0 Å². The number of hydrogen-bond acceptors (Lipinski definition) is 6. The molecule has 24 heavy (non-hydrogen) atoms. The quantitative estimate of drug-likeness (QED) is 0.137. The van der Waals surface area contributed by atoms with Crippen LogP contribution in [0.15, 0.2) is 0 Å². The molecular weight excluding hydrogens is 342 g/mol. The van der Waals surface area contributed by atoms with E-state index < -0.39 is 18.0 Å². The van der Waals surface area contributed by atoms with Crippen molar-refractivity contribution in [2.75, 3.05) is 13.1 Å². The number of rotatable bonds is 6. The molecular formula is C13H26ClN5O5. The highest BCUT2D eigenvalue weighted by Crippen LogP contribution is 2.03. The smallest absolute Gasteiger partial charge is 0.320 e. The van der Waals surface area contributed by atoms with Crippen molar-refractivity contribution in [1.29, 1.82) is 5.41 Å². The predicted octanol–water partition coefficient (Wildman–Crippen LogP) is -0.744. The summed E-state index contributed by atoms with van der Waals surface area (Å²) in [6, 6.07) is -1.09. The van der Waals surface area contributed by atoms with Crippen LogP contribution in [0.5, 0.6) is 0 Å². The predicted molar refractivity (Wildman–Crippen MR) is 90.0 cm³/mol. The van der Waals surface area contributed by atoms with E-state index in [4.69, 9.17) is 27.1 Å². The summed E-state index contributed by atoms with van der Waals surface area (Å²) in [4.78, 5) is 29.6. The van der Waals surface area contributed by atoms with E-state index in [2.05, 4.69) is 22.2 Å². The van der Waals surface area contributed by atoms with Crippen molar-refractivity contribution in [3.63, 3.8) is 0 Å². The van der Waals surface area contributed by atoms with E-state index in [1.807, 2.05) is 0 Å². The number of carboxylic acids is 2. The average Bonchev–Trinajstić information content (AvgIpc) is 2.97. The molecule has 11 heteroatoms. The second-order valence-corrected chi connectivity index (χ2v) is 5.42. The lowest BCUT2D eigenvalue weighted by Gasteiger charge is -2.06. The number of nitrogens with one attached hydrogen (secondary N) is 3. The van der Waals surface area contributed by atoms with Crippen molar-refractivity contribution in [3.05, 3.63) is 0 Å². The zero-order chi connectivity index (χ0) is 19.1. The molecule has 1 saturated heterocycles. The Morgan fingerprint density at radius 3 is 2.25 bits per heavy atom. The van der Waals surface area contributed by atoms with Crippen LogP contribution >= 0.6 is 11.6 Å². The first-order chi connectivity index (χ1) is 11.1. The minimum atomic E-state index is -1.00. The number of carbonyl (C=O) groups is 3. The third-order valence-corrected chi connectivity index (χ3v) is 2.68. The van der Waals surface area contributed by atoms with Gasteiger partial charge in [-0.1, -0.05) is 0 Å². The Labute approximate surface area is 145 Å². The number of guanidine groups is 1. The van der Waals surface area contributed by atoms with Crippen molar-refractivity contribution in [2.45, 2.75) is 44.7 Å². The molecule has 1 heterocycles. The van der Waals surface area contributed by atoms with Crippen molar-refractivity contribution in [2.24, 2.45) is 11.5 Å². The van der Waals surface area contributed by atoms with Gasteiger partial charge in [-0.3, -0.25) is 19.8 Å². The highest BCUT2D eigenvalue weighted by atomic mass is 35.5. The highest BCUT2D eigenvalue weighted by Gasteiger charge is 2.20. The maximum Gasteiger partial charge on any atom is 0.320 e. The van der Waals surface area contributed by atoms with E-state index in [0.717, 1.165) is 19.4 Å². The maximum atomic E-state index is 10.2. The summed E-state index contributed by atoms with van der Waals surface area (Å²) in [5, 5.41) is 28.6. The number of halogens is 1. The van der Waals surface area contributed by atoms with Gasteiger partial charge in [-0.25, -0.2) is 0 Å². The maximum absolute atomic E-state index is 10.2. The third-order valence-electron chi connectivity index (χ3n) is 2.68. The topological polar surface area (TPSA) is 192 Å². The summed E-state index contributed by atoms with van der Waals surface area (Å²) in [5.74, 6) is -1.83. The molecule has 1 fully saturated rings. The first-order valence-electron chi connectivity index (χ1n) is 7.26. The van der Waals surface area contributed by atoms with Gasteiger partial charge in [-0.05, 0) is 43.8 Å². The monoisotopic (exact) mass is 367 g/mol. The Kier molecular flexibility index (Phi) is 14.9. The van der Waals surface area contributed by atoms with Crippen LogP contribution < -0.4 is 22.1 Å². The van der Waals surface area contributed by atoms with Gasteiger partial charge in [-0.2, -0.15) is 0 Å². The van der Waals surface area contributed by atoms with Crippen molar-refractivity contribution < 1.29 is 24.6 Å². The molecule has 0 bridgehead atoms. The molecule has 0 aromatic heterocycles. The highest BCUT2D eigenvalue weighted by molar-refractivity contribution is 6.62. The zero-order valence-electron chi connectivity index (χ0n) is 13.5. The molecule has 0 spiro atoms. The van der Waals surface area contributed by atoms with Crippen LogP contribution in [0.2, 0.25) is 0 Å². The molecule has 0 aromatic rings. The van der Waals surface area contributed by atoms with Crippen LogP contribution in [0.1, 0.15) is 32.6 Å². The fraction of sp³-hybridized carbons (Fsp3) is 0.692. The molecule has 0 saturated carbocycles. The molecule has 1 aliphatic rings. The third kappa shape index (κ3) is 18.1. The average molecular weight is 368 g/mol. The Hall–Kier alpha value is -1.91. The fourth-order valence-electron chi connectivity index (χ4n) is 1.56. The number of nitrogens with two attached hydrogens (primary N) is 2. The number of carboxylic acid groups (broad SMARTS) is 2. The SMILES string of the molecule is CC(=O)Cl.N=C(N)NCCCC(N)C(=O)O.O=C(O)C1CCCN1. The van der Waals surface area contributed by atoms with Gasteiger partial charge in [-0.15, -0.1) is 0 Å². The lowest BCUT2D eigenvalue weighted by Crippen LogP contribution is -2.34. The Morgan fingerprint density at radius 2 is 1.96 bits per heavy atom. The van der Waals surface area contributed by atoms with Crippen LogP contribution in [0, 0.1) is 5.41 Å². The van der Waals surface area contributed by atoms with E-state index in [0.29, 0.717) is 19.4 Å². The van der Waals surface area contributed by atoms with Gasteiger partial charge >= 0.3 is 11.9 Å². The molecule has 0 radical (unpaired) electrons.